The number of amides is 3. The van der Waals surface area contributed by atoms with Crippen molar-refractivity contribution >= 4 is 39.4 Å². The molecule has 1 aromatic carbocycles. The molecule has 2 aliphatic heterocycles. The van der Waals surface area contributed by atoms with E-state index in [9.17, 15) is 40.8 Å². The Morgan fingerprint density at radius 2 is 1.90 bits per heavy atom. The number of nitrogens with zero attached hydrogens (tertiary/aromatic N) is 1. The number of halogens is 3. The first kappa shape index (κ1) is 30.7. The van der Waals surface area contributed by atoms with Gasteiger partial charge in [0.25, 0.3) is 10.2 Å². The second-order valence-corrected chi connectivity index (χ2v) is 12.3. The first-order chi connectivity index (χ1) is 19.2. The number of hydrogen-bond acceptors (Lipinski definition) is 7. The summed E-state index contributed by atoms with van der Waals surface area (Å²) in [5.74, 6) is -4.38. The minimum Gasteiger partial charge on any atom is -0.368 e. The van der Waals surface area contributed by atoms with Gasteiger partial charge in [-0.1, -0.05) is 18.2 Å². The van der Waals surface area contributed by atoms with Gasteiger partial charge in [0, 0.05) is 43.6 Å². The van der Waals surface area contributed by atoms with Crippen LogP contribution in [0.4, 0.5) is 18.9 Å². The maximum atomic E-state index is 13.1. The van der Waals surface area contributed by atoms with Crippen LogP contribution in [-0.2, 0) is 34.1 Å². The fourth-order valence-corrected chi connectivity index (χ4v) is 6.87. The van der Waals surface area contributed by atoms with Crippen molar-refractivity contribution in [3.05, 3.63) is 30.3 Å². The van der Waals surface area contributed by atoms with Gasteiger partial charge in [0.15, 0.2) is 5.78 Å². The maximum Gasteiger partial charge on any atom is 0.522 e. The van der Waals surface area contributed by atoms with Gasteiger partial charge >= 0.3 is 6.36 Å². The van der Waals surface area contributed by atoms with Gasteiger partial charge in [-0.3, -0.25) is 28.6 Å². The number of primary amides is 1. The fraction of sp³-hybridized carbons (Fsp3) is 0.600. The summed E-state index contributed by atoms with van der Waals surface area (Å²) in [6.45, 7) is -1.05. The molecular weight excluding hydrogens is 571 g/mol. The first-order valence-corrected chi connectivity index (χ1v) is 14.6. The molecule has 5 atom stereocenters. The molecule has 2 heterocycles. The minimum absolute atomic E-state index is 0.0277. The van der Waals surface area contributed by atoms with Gasteiger partial charge in [-0.15, -0.1) is 13.2 Å². The molecular formula is C25H32F3N5O7S. The number of nitrogens with one attached hydrogen (secondary N) is 3. The molecule has 2 saturated heterocycles. The summed E-state index contributed by atoms with van der Waals surface area (Å²) in [4.78, 5) is 51.6. The number of Topliss-reactive ketones (excluding diaryl/α,β-unsaturated/α-hetero) is 1. The van der Waals surface area contributed by atoms with E-state index in [1.807, 2.05) is 0 Å². The van der Waals surface area contributed by atoms with Crippen molar-refractivity contribution in [1.82, 2.24) is 14.9 Å². The predicted molar refractivity (Wildman–Crippen MR) is 138 cm³/mol. The molecule has 4 rings (SSSR count). The molecule has 1 aromatic rings. The lowest BCUT2D eigenvalue weighted by atomic mass is 9.83. The number of carbonyl (C=O) groups is 4. The highest BCUT2D eigenvalue weighted by molar-refractivity contribution is 7.90. The van der Waals surface area contributed by atoms with Gasteiger partial charge in [-0.25, -0.2) is 0 Å². The molecule has 3 unspecified atom stereocenters. The molecule has 0 aromatic heterocycles. The number of anilines is 1. The van der Waals surface area contributed by atoms with Crippen LogP contribution in [0.1, 0.15) is 32.1 Å². The number of alkyl halides is 3. The van der Waals surface area contributed by atoms with E-state index in [4.69, 9.17) is 5.73 Å². The lowest BCUT2D eigenvalue weighted by Crippen LogP contribution is -2.44. The minimum atomic E-state index is -5.00. The van der Waals surface area contributed by atoms with Crippen molar-refractivity contribution in [2.75, 3.05) is 31.0 Å². The normalized spacial score (nSPS) is 26.6. The summed E-state index contributed by atoms with van der Waals surface area (Å²) in [6, 6.07) is 7.07. The zero-order valence-corrected chi connectivity index (χ0v) is 22.8. The SMILES string of the molecule is NC(=O)C1CC2(CC2[C@H](C[C@H]2CCNC2=O)C(=O)COC(F)(F)F)CN1C(=O)CCNS(=O)(=O)Nc1ccccc1. The van der Waals surface area contributed by atoms with E-state index < -0.39 is 70.0 Å². The zero-order valence-electron chi connectivity index (χ0n) is 22.0. The number of para-hydroxylation sites is 1. The quantitative estimate of drug-likeness (QED) is 0.256. The Balaban J connectivity index is 1.40. The molecule has 16 heteroatoms. The van der Waals surface area contributed by atoms with Crippen LogP contribution >= 0.6 is 0 Å². The molecule has 41 heavy (non-hydrogen) atoms. The van der Waals surface area contributed by atoms with Gasteiger partial charge in [-0.2, -0.15) is 13.1 Å². The fourth-order valence-electron chi connectivity index (χ4n) is 5.98. The number of carbonyl (C=O) groups excluding carboxylic acids is 4. The Bertz CT molecular complexity index is 1280. The van der Waals surface area contributed by atoms with Crippen LogP contribution in [-0.4, -0.2) is 75.5 Å². The largest absolute Gasteiger partial charge is 0.522 e. The third-order valence-corrected chi connectivity index (χ3v) is 9.09. The summed E-state index contributed by atoms with van der Waals surface area (Å²) in [6.07, 6.45) is -4.36. The van der Waals surface area contributed by atoms with Crippen molar-refractivity contribution in [3.63, 3.8) is 0 Å². The van der Waals surface area contributed by atoms with Crippen LogP contribution in [0.3, 0.4) is 0 Å². The molecule has 1 saturated carbocycles. The van der Waals surface area contributed by atoms with E-state index in [-0.39, 0.29) is 38.3 Å². The van der Waals surface area contributed by atoms with Crippen LogP contribution < -0.4 is 20.5 Å². The smallest absolute Gasteiger partial charge is 0.368 e. The number of nitrogens with two attached hydrogens (primary N) is 1. The standard InChI is InChI=1S/C25H32F3N5O7S/c26-25(27,28)40-13-20(34)17(10-15-6-8-30-23(15)37)18-11-24(18)12-19(22(29)36)33(14-24)21(35)7-9-31-41(38,39)32-16-4-2-1-3-5-16/h1-5,15,17-19,31-32H,6-14H2,(H2,29,36)(H,30,37)/t15-,17+,18?,19?,24?/m1/s1. The van der Waals surface area contributed by atoms with E-state index in [2.05, 4.69) is 19.5 Å². The summed E-state index contributed by atoms with van der Waals surface area (Å²) < 4.78 is 70.8. The summed E-state index contributed by atoms with van der Waals surface area (Å²) in [7, 11) is -3.98. The third kappa shape index (κ3) is 7.74. The number of ketones is 1. The average Bonchev–Trinajstić information content (AvgIpc) is 3.19. The Kier molecular flexibility index (Phi) is 8.94. The van der Waals surface area contributed by atoms with Gasteiger partial charge in [0.05, 0.1) is 0 Å². The number of hydrogen-bond donors (Lipinski definition) is 4. The number of benzene rings is 1. The lowest BCUT2D eigenvalue weighted by Gasteiger charge is -2.23. The Hall–Kier alpha value is -3.24. The highest BCUT2D eigenvalue weighted by atomic mass is 32.2. The molecule has 0 bridgehead atoms. The van der Waals surface area contributed by atoms with Crippen LogP contribution in [0.2, 0.25) is 0 Å². The number of ether oxygens (including phenoxy) is 1. The van der Waals surface area contributed by atoms with Crippen molar-refractivity contribution in [2.45, 2.75) is 44.5 Å². The molecule has 226 valence electrons. The van der Waals surface area contributed by atoms with Crippen LogP contribution in [0.5, 0.6) is 0 Å². The van der Waals surface area contributed by atoms with Gasteiger partial charge in [0.1, 0.15) is 12.6 Å². The van der Waals surface area contributed by atoms with E-state index in [0.717, 1.165) is 0 Å². The molecule has 1 aliphatic carbocycles. The predicted octanol–water partition coefficient (Wildman–Crippen LogP) is 0.663. The van der Waals surface area contributed by atoms with Gasteiger partial charge in [0.2, 0.25) is 17.7 Å². The molecule has 3 fully saturated rings. The molecule has 1 spiro atoms. The molecule has 3 aliphatic rings. The van der Waals surface area contributed by atoms with E-state index in [0.29, 0.717) is 25.1 Å². The first-order valence-electron chi connectivity index (χ1n) is 13.1. The van der Waals surface area contributed by atoms with E-state index in [1.54, 1.807) is 30.3 Å². The maximum absolute atomic E-state index is 13.1. The molecule has 5 N–H and O–H groups in total. The summed E-state index contributed by atoms with van der Waals surface area (Å²) >= 11 is 0. The van der Waals surface area contributed by atoms with Crippen LogP contribution in [0, 0.1) is 23.2 Å². The van der Waals surface area contributed by atoms with Crippen molar-refractivity contribution in [3.8, 4) is 0 Å². The highest BCUT2D eigenvalue weighted by Gasteiger charge is 2.65. The van der Waals surface area contributed by atoms with Gasteiger partial charge < -0.3 is 16.0 Å². The average molecular weight is 604 g/mol. The zero-order chi connectivity index (χ0) is 30.0. The van der Waals surface area contributed by atoms with Crippen LogP contribution in [0.15, 0.2) is 30.3 Å². The molecule has 0 radical (unpaired) electrons. The summed E-state index contributed by atoms with van der Waals surface area (Å²) in [5, 5.41) is 2.65. The van der Waals surface area contributed by atoms with Crippen LogP contribution in [0.25, 0.3) is 0 Å². The Morgan fingerprint density at radius 3 is 2.51 bits per heavy atom. The molecule has 12 nitrogen and oxygen atoms in total. The Labute approximate surface area is 234 Å². The second kappa shape index (κ2) is 11.9. The number of likely N-dealkylation sites (tertiary alicyclic amines) is 1. The van der Waals surface area contributed by atoms with E-state index in [1.165, 1.54) is 4.90 Å². The van der Waals surface area contributed by atoms with E-state index >= 15 is 0 Å². The third-order valence-electron chi connectivity index (χ3n) is 8.00. The van der Waals surface area contributed by atoms with Gasteiger partial charge in [-0.05, 0) is 49.1 Å². The Morgan fingerprint density at radius 1 is 1.20 bits per heavy atom. The monoisotopic (exact) mass is 603 g/mol. The lowest BCUT2D eigenvalue weighted by molar-refractivity contribution is -0.321. The van der Waals surface area contributed by atoms with Crippen molar-refractivity contribution < 1.29 is 45.5 Å². The molecule has 3 amide bonds. The highest BCUT2D eigenvalue weighted by Crippen LogP contribution is 2.64. The topological polar surface area (TPSA) is 177 Å². The van der Waals surface area contributed by atoms with Crippen molar-refractivity contribution in [1.29, 1.82) is 0 Å². The number of rotatable bonds is 13. The van der Waals surface area contributed by atoms with Crippen molar-refractivity contribution in [2.24, 2.45) is 28.9 Å². The summed E-state index contributed by atoms with van der Waals surface area (Å²) in [5.41, 5.74) is 5.15. The second-order valence-electron chi connectivity index (χ2n) is 10.8.